The normalized spacial score (nSPS) is 10.5. The Balaban J connectivity index is 2.90. The van der Waals surface area contributed by atoms with Crippen molar-refractivity contribution in [1.29, 1.82) is 0 Å². The Morgan fingerprint density at radius 3 is 2.33 bits per heavy atom. The van der Waals surface area contributed by atoms with Gasteiger partial charge in [0.15, 0.2) is 0 Å². The first-order chi connectivity index (χ1) is 10.1. The third kappa shape index (κ3) is 5.92. The number of rotatable bonds is 9. The van der Waals surface area contributed by atoms with Crippen molar-refractivity contribution >= 4 is 23.3 Å². The van der Waals surface area contributed by atoms with E-state index >= 15 is 0 Å². The number of hydrogen-bond acceptors (Lipinski definition) is 3. The standard InChI is InChI=1S/C16H26ClN3O/c1-4-7-9-20(10-8-5-2)16(21)13-11-14(17)19-15(12-13)18-6-3/h11-12H,4-10H2,1-3H3,(H,18,19). The van der Waals surface area contributed by atoms with E-state index < -0.39 is 0 Å². The molecule has 0 unspecified atom stereocenters. The molecule has 0 spiro atoms. The largest absolute Gasteiger partial charge is 0.370 e. The molecule has 21 heavy (non-hydrogen) atoms. The fraction of sp³-hybridized carbons (Fsp3) is 0.625. The molecule has 1 N–H and O–H groups in total. The van der Waals surface area contributed by atoms with Gasteiger partial charge in [0.2, 0.25) is 0 Å². The summed E-state index contributed by atoms with van der Waals surface area (Å²) in [6, 6.07) is 3.43. The lowest BCUT2D eigenvalue weighted by Crippen LogP contribution is -2.33. The van der Waals surface area contributed by atoms with Gasteiger partial charge in [-0.05, 0) is 31.9 Å². The van der Waals surface area contributed by atoms with E-state index in [4.69, 9.17) is 11.6 Å². The molecule has 5 heteroatoms. The zero-order chi connectivity index (χ0) is 15.7. The van der Waals surface area contributed by atoms with Gasteiger partial charge >= 0.3 is 0 Å². The number of carbonyl (C=O) groups excluding carboxylic acids is 1. The molecular weight excluding hydrogens is 286 g/mol. The van der Waals surface area contributed by atoms with Crippen molar-refractivity contribution in [2.45, 2.75) is 46.5 Å². The summed E-state index contributed by atoms with van der Waals surface area (Å²) in [5, 5.41) is 3.45. The van der Waals surface area contributed by atoms with Crippen LogP contribution in [0.2, 0.25) is 5.15 Å². The Bertz CT molecular complexity index is 443. The fourth-order valence-electron chi connectivity index (χ4n) is 2.09. The van der Waals surface area contributed by atoms with Gasteiger partial charge in [0.25, 0.3) is 5.91 Å². The first kappa shape index (κ1) is 17.8. The second kappa shape index (κ2) is 9.61. The maximum atomic E-state index is 12.7. The topological polar surface area (TPSA) is 45.2 Å². The highest BCUT2D eigenvalue weighted by atomic mass is 35.5. The molecule has 0 aliphatic rings. The van der Waals surface area contributed by atoms with Crippen molar-refractivity contribution < 1.29 is 4.79 Å². The summed E-state index contributed by atoms with van der Waals surface area (Å²) in [4.78, 5) is 18.8. The Morgan fingerprint density at radius 2 is 1.81 bits per heavy atom. The molecule has 0 saturated heterocycles. The minimum absolute atomic E-state index is 0.0420. The fourth-order valence-corrected chi connectivity index (χ4v) is 2.30. The van der Waals surface area contributed by atoms with Gasteiger partial charge in [0, 0.05) is 25.2 Å². The lowest BCUT2D eigenvalue weighted by atomic mass is 10.2. The number of nitrogens with zero attached hydrogens (tertiary/aromatic N) is 2. The highest BCUT2D eigenvalue weighted by molar-refractivity contribution is 6.29. The molecule has 0 saturated carbocycles. The van der Waals surface area contributed by atoms with E-state index in [1.165, 1.54) is 0 Å². The number of hydrogen-bond donors (Lipinski definition) is 1. The summed E-state index contributed by atoms with van der Waals surface area (Å²) < 4.78 is 0. The van der Waals surface area contributed by atoms with Crippen LogP contribution in [0, 0.1) is 0 Å². The Kier molecular flexibility index (Phi) is 8.13. The van der Waals surface area contributed by atoms with Crippen molar-refractivity contribution in [2.24, 2.45) is 0 Å². The highest BCUT2D eigenvalue weighted by Crippen LogP contribution is 2.17. The zero-order valence-corrected chi connectivity index (χ0v) is 14.0. The van der Waals surface area contributed by atoms with Gasteiger partial charge in [-0.25, -0.2) is 4.98 Å². The summed E-state index contributed by atoms with van der Waals surface area (Å²) in [6.45, 7) is 8.59. The molecule has 118 valence electrons. The predicted octanol–water partition coefficient (Wildman–Crippen LogP) is 4.21. The first-order valence-corrected chi connectivity index (χ1v) is 8.20. The molecule has 0 radical (unpaired) electrons. The van der Waals surface area contributed by atoms with Crippen LogP contribution in [0.1, 0.15) is 56.8 Å². The molecule has 0 aromatic carbocycles. The maximum absolute atomic E-state index is 12.7. The minimum atomic E-state index is 0.0420. The lowest BCUT2D eigenvalue weighted by molar-refractivity contribution is 0.0751. The van der Waals surface area contributed by atoms with Gasteiger partial charge in [-0.3, -0.25) is 4.79 Å². The number of unbranched alkanes of at least 4 members (excludes halogenated alkanes) is 2. The third-order valence-electron chi connectivity index (χ3n) is 3.25. The van der Waals surface area contributed by atoms with Gasteiger partial charge in [-0.2, -0.15) is 0 Å². The molecule has 0 aliphatic heterocycles. The van der Waals surface area contributed by atoms with Crippen molar-refractivity contribution in [1.82, 2.24) is 9.88 Å². The van der Waals surface area contributed by atoms with Gasteiger partial charge in [-0.1, -0.05) is 38.3 Å². The van der Waals surface area contributed by atoms with E-state index in [9.17, 15) is 4.79 Å². The molecule has 1 rings (SSSR count). The van der Waals surface area contributed by atoms with Gasteiger partial charge in [0.05, 0.1) is 0 Å². The third-order valence-corrected chi connectivity index (χ3v) is 3.44. The van der Waals surface area contributed by atoms with E-state index in [0.717, 1.165) is 45.3 Å². The Morgan fingerprint density at radius 1 is 1.19 bits per heavy atom. The summed E-state index contributed by atoms with van der Waals surface area (Å²) >= 11 is 6.02. The van der Waals surface area contributed by atoms with E-state index in [2.05, 4.69) is 24.1 Å². The molecule has 0 fully saturated rings. The van der Waals surface area contributed by atoms with Crippen molar-refractivity contribution in [3.05, 3.63) is 22.8 Å². The number of halogens is 1. The maximum Gasteiger partial charge on any atom is 0.254 e. The predicted molar refractivity (Wildman–Crippen MR) is 89.1 cm³/mol. The molecule has 1 aromatic rings. The summed E-state index contributed by atoms with van der Waals surface area (Å²) in [5.74, 6) is 0.694. The first-order valence-electron chi connectivity index (χ1n) is 7.83. The second-order valence-corrected chi connectivity index (χ2v) is 5.48. The van der Waals surface area contributed by atoms with E-state index in [1.54, 1.807) is 12.1 Å². The second-order valence-electron chi connectivity index (χ2n) is 5.09. The SMILES string of the molecule is CCCCN(CCCC)C(=O)c1cc(Cl)nc(NCC)c1. The Hall–Kier alpha value is -1.29. The van der Waals surface area contributed by atoms with Crippen LogP contribution in [-0.4, -0.2) is 35.4 Å². The highest BCUT2D eigenvalue weighted by Gasteiger charge is 2.16. The van der Waals surface area contributed by atoms with Crippen LogP contribution in [0.5, 0.6) is 0 Å². The van der Waals surface area contributed by atoms with Crippen LogP contribution in [-0.2, 0) is 0 Å². The van der Waals surface area contributed by atoms with Crippen LogP contribution >= 0.6 is 11.6 Å². The summed E-state index contributed by atoms with van der Waals surface area (Å²) in [5.41, 5.74) is 0.609. The molecule has 1 amide bonds. The molecule has 0 aliphatic carbocycles. The molecular formula is C16H26ClN3O. The zero-order valence-electron chi connectivity index (χ0n) is 13.3. The van der Waals surface area contributed by atoms with Crippen LogP contribution in [0.15, 0.2) is 12.1 Å². The monoisotopic (exact) mass is 311 g/mol. The van der Waals surface area contributed by atoms with Crippen molar-refractivity contribution in [2.75, 3.05) is 25.0 Å². The lowest BCUT2D eigenvalue weighted by Gasteiger charge is -2.22. The van der Waals surface area contributed by atoms with Crippen LogP contribution in [0.3, 0.4) is 0 Å². The quantitative estimate of drug-likeness (QED) is 0.695. The summed E-state index contributed by atoms with van der Waals surface area (Å²) in [6.07, 6.45) is 4.20. The average molecular weight is 312 g/mol. The van der Waals surface area contributed by atoms with E-state index in [0.29, 0.717) is 16.5 Å². The number of amides is 1. The van der Waals surface area contributed by atoms with Crippen LogP contribution in [0.4, 0.5) is 5.82 Å². The molecule has 0 atom stereocenters. The number of carbonyl (C=O) groups is 1. The molecule has 4 nitrogen and oxygen atoms in total. The number of pyridine rings is 1. The van der Waals surface area contributed by atoms with E-state index in [-0.39, 0.29) is 5.91 Å². The number of aromatic nitrogens is 1. The van der Waals surface area contributed by atoms with Gasteiger partial charge in [-0.15, -0.1) is 0 Å². The number of nitrogens with one attached hydrogen (secondary N) is 1. The smallest absolute Gasteiger partial charge is 0.254 e. The Labute approximate surface area is 132 Å². The average Bonchev–Trinajstić information content (AvgIpc) is 2.46. The molecule has 0 bridgehead atoms. The summed E-state index contributed by atoms with van der Waals surface area (Å²) in [7, 11) is 0. The van der Waals surface area contributed by atoms with Crippen molar-refractivity contribution in [3.63, 3.8) is 0 Å². The van der Waals surface area contributed by atoms with E-state index in [1.807, 2.05) is 11.8 Å². The molecule has 1 aromatic heterocycles. The molecule has 1 heterocycles. The minimum Gasteiger partial charge on any atom is -0.370 e. The van der Waals surface area contributed by atoms with Gasteiger partial charge < -0.3 is 10.2 Å². The number of anilines is 1. The van der Waals surface area contributed by atoms with Gasteiger partial charge in [0.1, 0.15) is 11.0 Å². The van der Waals surface area contributed by atoms with Crippen LogP contribution in [0.25, 0.3) is 0 Å². The van der Waals surface area contributed by atoms with Crippen molar-refractivity contribution in [3.8, 4) is 0 Å². The van der Waals surface area contributed by atoms with Crippen LogP contribution < -0.4 is 5.32 Å².